The van der Waals surface area contributed by atoms with Crippen LogP contribution in [-0.2, 0) is 6.42 Å². The lowest BCUT2D eigenvalue weighted by atomic mass is 9.95. The third-order valence-corrected chi connectivity index (χ3v) is 5.64. The number of hydrogen-bond acceptors (Lipinski definition) is 4. The predicted octanol–water partition coefficient (Wildman–Crippen LogP) is 3.07. The van der Waals surface area contributed by atoms with Crippen LogP contribution in [-0.4, -0.2) is 45.1 Å². The van der Waals surface area contributed by atoms with Crippen molar-refractivity contribution in [2.24, 2.45) is 0 Å². The summed E-state index contributed by atoms with van der Waals surface area (Å²) >= 11 is 0. The van der Waals surface area contributed by atoms with E-state index in [9.17, 15) is 4.79 Å². The molecule has 138 valence electrons. The van der Waals surface area contributed by atoms with Gasteiger partial charge in [-0.25, -0.2) is 0 Å². The fourth-order valence-corrected chi connectivity index (χ4v) is 4.16. The minimum atomic E-state index is 0.118. The average molecular weight is 362 g/mol. The molecule has 2 aliphatic heterocycles. The first-order chi connectivity index (χ1) is 13.3. The van der Waals surface area contributed by atoms with E-state index >= 15 is 0 Å². The number of pyridine rings is 1. The Kier molecular flexibility index (Phi) is 4.03. The van der Waals surface area contributed by atoms with Crippen molar-refractivity contribution in [2.45, 2.75) is 31.6 Å². The Morgan fingerprint density at radius 3 is 2.89 bits per heavy atom. The third kappa shape index (κ3) is 2.95. The van der Waals surface area contributed by atoms with Crippen molar-refractivity contribution >= 4 is 11.6 Å². The monoisotopic (exact) mass is 362 g/mol. The zero-order chi connectivity index (χ0) is 18.2. The number of aromatic nitrogens is 3. The fraction of sp³-hybridized carbons (Fsp3) is 0.381. The molecule has 3 aromatic rings. The number of carbonyl (C=O) groups is 1. The molecule has 4 heterocycles. The van der Waals surface area contributed by atoms with Crippen LogP contribution >= 0.6 is 0 Å². The van der Waals surface area contributed by atoms with Gasteiger partial charge in [-0.2, -0.15) is 0 Å². The predicted molar refractivity (Wildman–Crippen MR) is 101 cm³/mol. The van der Waals surface area contributed by atoms with E-state index in [1.165, 1.54) is 0 Å². The molecule has 1 saturated heterocycles. The molecule has 6 nitrogen and oxygen atoms in total. The molecule has 1 fully saturated rings. The molecule has 0 spiro atoms. The summed E-state index contributed by atoms with van der Waals surface area (Å²) in [5.74, 6) is 2.38. The van der Waals surface area contributed by atoms with Gasteiger partial charge in [0.05, 0.1) is 6.61 Å². The van der Waals surface area contributed by atoms with Gasteiger partial charge in [0.25, 0.3) is 5.91 Å². The van der Waals surface area contributed by atoms with Gasteiger partial charge in [0.2, 0.25) is 0 Å². The third-order valence-electron chi connectivity index (χ3n) is 5.64. The Balaban J connectivity index is 1.29. The molecule has 6 heteroatoms. The van der Waals surface area contributed by atoms with Gasteiger partial charge >= 0.3 is 0 Å². The van der Waals surface area contributed by atoms with E-state index in [4.69, 9.17) is 4.74 Å². The first-order valence-electron chi connectivity index (χ1n) is 9.64. The van der Waals surface area contributed by atoms with Crippen LogP contribution in [0.5, 0.6) is 5.75 Å². The number of piperidine rings is 1. The SMILES string of the molecule is O=C(c1ccc2c(c1)CCCO2)N1CCC(c2nnc3ccccn23)CC1. The van der Waals surface area contributed by atoms with Gasteiger partial charge in [0.15, 0.2) is 5.65 Å². The molecule has 2 aliphatic rings. The van der Waals surface area contributed by atoms with Crippen LogP contribution in [0.25, 0.3) is 5.65 Å². The van der Waals surface area contributed by atoms with Gasteiger partial charge in [-0.3, -0.25) is 9.20 Å². The zero-order valence-corrected chi connectivity index (χ0v) is 15.2. The molecule has 27 heavy (non-hydrogen) atoms. The molecule has 1 aromatic carbocycles. The van der Waals surface area contributed by atoms with Crippen LogP contribution in [0.1, 0.15) is 46.9 Å². The lowest BCUT2D eigenvalue weighted by Crippen LogP contribution is -2.38. The van der Waals surface area contributed by atoms with E-state index in [2.05, 4.69) is 14.6 Å². The maximum atomic E-state index is 12.9. The standard InChI is InChI=1S/C21H22N4O2/c26-21(17-6-7-18-16(14-17)4-3-13-27-18)24-11-8-15(9-12-24)20-23-22-19-5-1-2-10-25(19)20/h1-2,5-7,10,14-15H,3-4,8-9,11-13H2. The number of carbonyl (C=O) groups excluding carboxylic acids is 1. The zero-order valence-electron chi connectivity index (χ0n) is 15.2. The van der Waals surface area contributed by atoms with Gasteiger partial charge in [-0.1, -0.05) is 6.07 Å². The van der Waals surface area contributed by atoms with E-state index < -0.39 is 0 Å². The number of ether oxygens (including phenoxy) is 1. The van der Waals surface area contributed by atoms with E-state index in [0.717, 1.165) is 73.7 Å². The molecular formula is C21H22N4O2. The second-order valence-corrected chi connectivity index (χ2v) is 7.33. The number of likely N-dealkylation sites (tertiary alicyclic amines) is 1. The van der Waals surface area contributed by atoms with Crippen molar-refractivity contribution in [1.82, 2.24) is 19.5 Å². The van der Waals surface area contributed by atoms with Crippen LogP contribution in [0.3, 0.4) is 0 Å². The van der Waals surface area contributed by atoms with E-state index in [0.29, 0.717) is 5.92 Å². The van der Waals surface area contributed by atoms with Gasteiger partial charge in [0.1, 0.15) is 11.6 Å². The number of benzene rings is 1. The number of fused-ring (bicyclic) bond motifs is 2. The molecular weight excluding hydrogens is 340 g/mol. The highest BCUT2D eigenvalue weighted by Gasteiger charge is 2.27. The summed E-state index contributed by atoms with van der Waals surface area (Å²) in [4.78, 5) is 14.9. The van der Waals surface area contributed by atoms with Gasteiger partial charge in [0, 0.05) is 30.8 Å². The molecule has 5 rings (SSSR count). The van der Waals surface area contributed by atoms with Crippen LogP contribution in [0.4, 0.5) is 0 Å². The van der Waals surface area contributed by atoms with Crippen LogP contribution < -0.4 is 4.74 Å². The lowest BCUT2D eigenvalue weighted by Gasteiger charge is -2.31. The van der Waals surface area contributed by atoms with Gasteiger partial charge in [-0.15, -0.1) is 10.2 Å². The second-order valence-electron chi connectivity index (χ2n) is 7.33. The molecule has 0 saturated carbocycles. The molecule has 0 atom stereocenters. The Morgan fingerprint density at radius 1 is 1.11 bits per heavy atom. The van der Waals surface area contributed by atoms with Crippen molar-refractivity contribution in [3.63, 3.8) is 0 Å². The van der Waals surface area contributed by atoms with E-state index in [1.54, 1.807) is 0 Å². The number of aryl methyl sites for hydroxylation is 1. The summed E-state index contributed by atoms with van der Waals surface area (Å²) in [6.07, 6.45) is 5.84. The normalized spacial score (nSPS) is 17.6. The molecule has 0 N–H and O–H groups in total. The Hall–Kier alpha value is -2.89. The Bertz CT molecular complexity index is 989. The van der Waals surface area contributed by atoms with Crippen LogP contribution in [0.15, 0.2) is 42.6 Å². The van der Waals surface area contributed by atoms with Crippen molar-refractivity contribution in [3.05, 3.63) is 59.5 Å². The Labute approximate surface area is 157 Å². The summed E-state index contributed by atoms with van der Waals surface area (Å²) in [6.45, 7) is 2.27. The first-order valence-corrected chi connectivity index (χ1v) is 9.64. The Morgan fingerprint density at radius 2 is 2.00 bits per heavy atom. The minimum Gasteiger partial charge on any atom is -0.493 e. The van der Waals surface area contributed by atoms with Crippen molar-refractivity contribution in [2.75, 3.05) is 19.7 Å². The topological polar surface area (TPSA) is 59.7 Å². The summed E-state index contributed by atoms with van der Waals surface area (Å²) in [6, 6.07) is 11.8. The summed E-state index contributed by atoms with van der Waals surface area (Å²) in [7, 11) is 0. The number of nitrogens with zero attached hydrogens (tertiary/aromatic N) is 4. The summed E-state index contributed by atoms with van der Waals surface area (Å²) < 4.78 is 7.72. The van der Waals surface area contributed by atoms with E-state index in [1.807, 2.05) is 47.5 Å². The maximum absolute atomic E-state index is 12.9. The highest BCUT2D eigenvalue weighted by molar-refractivity contribution is 5.94. The summed E-state index contributed by atoms with van der Waals surface area (Å²) in [5, 5.41) is 8.65. The molecule has 1 amide bonds. The smallest absolute Gasteiger partial charge is 0.253 e. The van der Waals surface area contributed by atoms with Crippen molar-refractivity contribution in [1.29, 1.82) is 0 Å². The van der Waals surface area contributed by atoms with E-state index in [-0.39, 0.29) is 5.91 Å². The number of rotatable bonds is 2. The molecule has 0 bridgehead atoms. The van der Waals surface area contributed by atoms with Gasteiger partial charge in [-0.05, 0) is 61.6 Å². The molecule has 0 unspecified atom stereocenters. The molecule has 0 aliphatic carbocycles. The second kappa shape index (κ2) is 6.68. The summed E-state index contributed by atoms with van der Waals surface area (Å²) in [5.41, 5.74) is 2.80. The largest absolute Gasteiger partial charge is 0.493 e. The minimum absolute atomic E-state index is 0.118. The molecule has 0 radical (unpaired) electrons. The highest BCUT2D eigenvalue weighted by atomic mass is 16.5. The highest BCUT2D eigenvalue weighted by Crippen LogP contribution is 2.29. The number of amides is 1. The van der Waals surface area contributed by atoms with Crippen LogP contribution in [0, 0.1) is 0 Å². The van der Waals surface area contributed by atoms with Crippen molar-refractivity contribution < 1.29 is 9.53 Å². The first kappa shape index (κ1) is 16.3. The van der Waals surface area contributed by atoms with Crippen LogP contribution in [0.2, 0.25) is 0 Å². The average Bonchev–Trinajstić information content (AvgIpc) is 3.17. The van der Waals surface area contributed by atoms with Gasteiger partial charge < -0.3 is 9.64 Å². The fourth-order valence-electron chi connectivity index (χ4n) is 4.16. The quantitative estimate of drug-likeness (QED) is 0.703. The molecule has 2 aromatic heterocycles. The maximum Gasteiger partial charge on any atom is 0.253 e. The number of hydrogen-bond donors (Lipinski definition) is 0. The lowest BCUT2D eigenvalue weighted by molar-refractivity contribution is 0.0710. The van der Waals surface area contributed by atoms with Crippen molar-refractivity contribution in [3.8, 4) is 5.75 Å².